The summed E-state index contributed by atoms with van der Waals surface area (Å²) in [7, 11) is -2.70. The maximum Gasteiger partial charge on any atom is 0.291 e. The van der Waals surface area contributed by atoms with Crippen molar-refractivity contribution in [3.8, 4) is 17.1 Å². The van der Waals surface area contributed by atoms with Gasteiger partial charge in [-0.2, -0.15) is 0 Å². The van der Waals surface area contributed by atoms with Crippen molar-refractivity contribution < 1.29 is 22.4 Å². The summed E-state index contributed by atoms with van der Waals surface area (Å²) < 4.78 is 33.9. The number of amides is 1. The molecule has 9 heteroatoms. The number of benzene rings is 2. The predicted octanol–water partition coefficient (Wildman–Crippen LogP) is 3.51. The van der Waals surface area contributed by atoms with Gasteiger partial charge < -0.3 is 14.5 Å². The van der Waals surface area contributed by atoms with Gasteiger partial charge in [0.2, 0.25) is 10.0 Å². The second-order valence-electron chi connectivity index (χ2n) is 5.51. The second kappa shape index (κ2) is 7.43. The summed E-state index contributed by atoms with van der Waals surface area (Å²) in [4.78, 5) is 12.2. The van der Waals surface area contributed by atoms with Crippen molar-refractivity contribution in [1.29, 1.82) is 0 Å². The fourth-order valence-corrected chi connectivity index (χ4v) is 3.39. The SMILES string of the molecule is COc1ccc(NC(=O)c2ccc(-c3ccccc3Cl)o2)cc1S(N)(=O)=O. The van der Waals surface area contributed by atoms with Gasteiger partial charge in [0.25, 0.3) is 5.91 Å². The van der Waals surface area contributed by atoms with Crippen LogP contribution >= 0.6 is 11.6 Å². The average Bonchev–Trinajstić information content (AvgIpc) is 3.11. The fraction of sp³-hybridized carbons (Fsp3) is 0.0556. The summed E-state index contributed by atoms with van der Waals surface area (Å²) in [5, 5.41) is 8.23. The molecule has 27 heavy (non-hydrogen) atoms. The van der Waals surface area contributed by atoms with E-state index in [0.717, 1.165) is 0 Å². The Morgan fingerprint density at radius 2 is 1.89 bits per heavy atom. The van der Waals surface area contributed by atoms with E-state index in [0.29, 0.717) is 16.3 Å². The van der Waals surface area contributed by atoms with Crippen LogP contribution < -0.4 is 15.2 Å². The Morgan fingerprint density at radius 3 is 2.56 bits per heavy atom. The predicted molar refractivity (Wildman–Crippen MR) is 101 cm³/mol. The minimum absolute atomic E-state index is 0.0397. The van der Waals surface area contributed by atoms with Crippen molar-refractivity contribution in [2.45, 2.75) is 4.90 Å². The van der Waals surface area contributed by atoms with Gasteiger partial charge in [0, 0.05) is 11.3 Å². The molecule has 0 aliphatic carbocycles. The zero-order valence-electron chi connectivity index (χ0n) is 14.1. The van der Waals surface area contributed by atoms with Gasteiger partial charge >= 0.3 is 0 Å². The second-order valence-corrected chi connectivity index (χ2v) is 7.45. The number of furan rings is 1. The molecule has 3 N–H and O–H groups in total. The van der Waals surface area contributed by atoms with E-state index < -0.39 is 15.9 Å². The van der Waals surface area contributed by atoms with Gasteiger partial charge in [-0.1, -0.05) is 23.7 Å². The van der Waals surface area contributed by atoms with Gasteiger partial charge in [0.1, 0.15) is 16.4 Å². The Kier molecular flexibility index (Phi) is 5.22. The molecule has 0 bridgehead atoms. The molecule has 0 saturated heterocycles. The minimum Gasteiger partial charge on any atom is -0.495 e. The van der Waals surface area contributed by atoms with E-state index in [1.54, 1.807) is 30.3 Å². The third-order valence-electron chi connectivity index (χ3n) is 3.70. The summed E-state index contributed by atoms with van der Waals surface area (Å²) in [5.74, 6) is -0.00283. The number of rotatable bonds is 5. The molecule has 0 radical (unpaired) electrons. The zero-order chi connectivity index (χ0) is 19.6. The van der Waals surface area contributed by atoms with E-state index in [1.165, 1.54) is 31.4 Å². The molecule has 1 aromatic heterocycles. The van der Waals surface area contributed by atoms with Crippen molar-refractivity contribution in [2.24, 2.45) is 5.14 Å². The van der Waals surface area contributed by atoms with Gasteiger partial charge in [-0.05, 0) is 42.5 Å². The lowest BCUT2D eigenvalue weighted by atomic mass is 10.2. The van der Waals surface area contributed by atoms with Crippen LogP contribution in [0.5, 0.6) is 5.75 Å². The Labute approximate surface area is 160 Å². The van der Waals surface area contributed by atoms with Crippen LogP contribution in [0.1, 0.15) is 10.6 Å². The first-order chi connectivity index (χ1) is 12.8. The number of hydrogen-bond acceptors (Lipinski definition) is 5. The van der Waals surface area contributed by atoms with Crippen LogP contribution in [-0.2, 0) is 10.0 Å². The molecule has 3 rings (SSSR count). The minimum atomic E-state index is -4.02. The van der Waals surface area contributed by atoms with Crippen molar-refractivity contribution >= 4 is 33.2 Å². The number of nitrogens with two attached hydrogens (primary N) is 1. The van der Waals surface area contributed by atoms with E-state index in [-0.39, 0.29) is 22.1 Å². The molecule has 140 valence electrons. The Morgan fingerprint density at radius 1 is 1.15 bits per heavy atom. The normalized spacial score (nSPS) is 11.2. The largest absolute Gasteiger partial charge is 0.495 e. The third kappa shape index (κ3) is 4.13. The van der Waals surface area contributed by atoms with E-state index in [9.17, 15) is 13.2 Å². The van der Waals surface area contributed by atoms with Gasteiger partial charge in [-0.3, -0.25) is 4.79 Å². The third-order valence-corrected chi connectivity index (χ3v) is 4.96. The summed E-state index contributed by atoms with van der Waals surface area (Å²) >= 11 is 6.12. The standard InChI is InChI=1S/C18H15ClN2O5S/c1-25-15-7-6-11(10-17(15)27(20,23)24)21-18(22)16-9-8-14(26-16)12-4-2-3-5-13(12)19/h2-10H,1H3,(H,21,22)(H2,20,23,24). The fourth-order valence-electron chi connectivity index (χ4n) is 2.44. The lowest BCUT2D eigenvalue weighted by Gasteiger charge is -2.09. The number of sulfonamides is 1. The van der Waals surface area contributed by atoms with Crippen LogP contribution in [0.15, 0.2) is 63.9 Å². The molecule has 7 nitrogen and oxygen atoms in total. The molecule has 0 fully saturated rings. The Bertz CT molecular complexity index is 1110. The molecule has 0 spiro atoms. The van der Waals surface area contributed by atoms with E-state index in [1.807, 2.05) is 0 Å². The van der Waals surface area contributed by atoms with Crippen LogP contribution in [0, 0.1) is 0 Å². The first kappa shape index (κ1) is 19.0. The van der Waals surface area contributed by atoms with Gasteiger partial charge in [-0.15, -0.1) is 0 Å². The van der Waals surface area contributed by atoms with Gasteiger partial charge in [0.05, 0.1) is 12.1 Å². The number of carbonyl (C=O) groups is 1. The number of nitrogens with one attached hydrogen (secondary N) is 1. The van der Waals surface area contributed by atoms with Crippen molar-refractivity contribution in [1.82, 2.24) is 0 Å². The Hall–Kier alpha value is -2.81. The summed E-state index contributed by atoms with van der Waals surface area (Å²) in [5.41, 5.74) is 0.875. The van der Waals surface area contributed by atoms with Gasteiger partial charge in [0.15, 0.2) is 5.76 Å². The van der Waals surface area contributed by atoms with Crippen molar-refractivity contribution in [3.63, 3.8) is 0 Å². The molecule has 1 amide bonds. The number of primary sulfonamides is 1. The van der Waals surface area contributed by atoms with Crippen LogP contribution in [0.3, 0.4) is 0 Å². The van der Waals surface area contributed by atoms with Crippen molar-refractivity contribution in [2.75, 3.05) is 12.4 Å². The quantitative estimate of drug-likeness (QED) is 0.673. The van der Waals surface area contributed by atoms with E-state index in [2.05, 4.69) is 5.32 Å². The Balaban J connectivity index is 1.86. The lowest BCUT2D eigenvalue weighted by Crippen LogP contribution is -2.15. The number of ether oxygens (including phenoxy) is 1. The molecule has 0 aliphatic heterocycles. The highest BCUT2D eigenvalue weighted by Crippen LogP contribution is 2.30. The number of methoxy groups -OCH3 is 1. The number of carbonyl (C=O) groups excluding carboxylic acids is 1. The van der Waals surface area contributed by atoms with Crippen molar-refractivity contribution in [3.05, 3.63) is 65.4 Å². The molecule has 1 heterocycles. The maximum absolute atomic E-state index is 12.4. The molecule has 0 atom stereocenters. The molecular formula is C18H15ClN2O5S. The first-order valence-electron chi connectivity index (χ1n) is 7.66. The highest BCUT2D eigenvalue weighted by atomic mass is 35.5. The first-order valence-corrected chi connectivity index (χ1v) is 9.59. The van der Waals surface area contributed by atoms with Crippen LogP contribution in [0.25, 0.3) is 11.3 Å². The van der Waals surface area contributed by atoms with Crippen LogP contribution in [0.2, 0.25) is 5.02 Å². The summed E-state index contributed by atoms with van der Waals surface area (Å²) in [6.45, 7) is 0. The molecule has 0 unspecified atom stereocenters. The molecule has 3 aromatic rings. The zero-order valence-corrected chi connectivity index (χ0v) is 15.7. The number of hydrogen-bond donors (Lipinski definition) is 2. The molecule has 0 aliphatic rings. The molecular weight excluding hydrogens is 392 g/mol. The summed E-state index contributed by atoms with van der Waals surface area (Å²) in [6, 6.07) is 14.3. The lowest BCUT2D eigenvalue weighted by molar-refractivity contribution is 0.0997. The average molecular weight is 407 g/mol. The summed E-state index contributed by atoms with van der Waals surface area (Å²) in [6.07, 6.45) is 0. The molecule has 2 aromatic carbocycles. The van der Waals surface area contributed by atoms with Crippen LogP contribution in [-0.4, -0.2) is 21.4 Å². The van der Waals surface area contributed by atoms with Crippen LogP contribution in [0.4, 0.5) is 5.69 Å². The topological polar surface area (TPSA) is 112 Å². The highest BCUT2D eigenvalue weighted by molar-refractivity contribution is 7.89. The smallest absolute Gasteiger partial charge is 0.291 e. The molecule has 0 saturated carbocycles. The maximum atomic E-state index is 12.4. The number of halogens is 1. The van der Waals surface area contributed by atoms with Gasteiger partial charge in [-0.25, -0.2) is 13.6 Å². The van der Waals surface area contributed by atoms with E-state index in [4.69, 9.17) is 25.9 Å². The number of anilines is 1. The highest BCUT2D eigenvalue weighted by Gasteiger charge is 2.18. The van der Waals surface area contributed by atoms with E-state index >= 15 is 0 Å². The monoisotopic (exact) mass is 406 g/mol.